The van der Waals surface area contributed by atoms with E-state index in [9.17, 15) is 15.0 Å². The molecule has 0 fully saturated rings. The van der Waals surface area contributed by atoms with Gasteiger partial charge in [0.1, 0.15) is 16.9 Å². The number of phenols is 2. The van der Waals surface area contributed by atoms with Gasteiger partial charge < -0.3 is 35.7 Å². The predicted octanol–water partition coefficient (Wildman–Crippen LogP) is 3.90. The van der Waals surface area contributed by atoms with Gasteiger partial charge in [-0.05, 0) is 76.8 Å². The molecule has 6 N–H and O–H groups in total. The van der Waals surface area contributed by atoms with Crippen molar-refractivity contribution in [1.82, 2.24) is 10.6 Å². The van der Waals surface area contributed by atoms with Gasteiger partial charge >= 0.3 is 0 Å². The van der Waals surface area contributed by atoms with Crippen LogP contribution in [-0.2, 0) is 6.42 Å². The number of rotatable bonds is 16. The van der Waals surface area contributed by atoms with Crippen molar-refractivity contribution in [2.45, 2.75) is 44.9 Å². The molecule has 3 aromatic rings. The highest BCUT2D eigenvalue weighted by Gasteiger charge is 2.18. The number of hydrogen-bond donors (Lipinski definition) is 5. The van der Waals surface area contributed by atoms with E-state index in [1.54, 1.807) is 0 Å². The van der Waals surface area contributed by atoms with Crippen molar-refractivity contribution in [3.8, 4) is 28.6 Å². The molecule has 196 valence electrons. The highest BCUT2D eigenvalue weighted by molar-refractivity contribution is 5.91. The fraction of sp³-hybridized carbons (Fsp3) is 0.464. The van der Waals surface area contributed by atoms with Crippen LogP contribution in [0, 0.1) is 0 Å². The Hall–Kier alpha value is -3.07. The third-order valence-corrected chi connectivity index (χ3v) is 6.19. The molecule has 0 aliphatic rings. The van der Waals surface area contributed by atoms with Crippen LogP contribution >= 0.6 is 0 Å². The van der Waals surface area contributed by atoms with Gasteiger partial charge in [0, 0.05) is 17.7 Å². The monoisotopic (exact) mass is 497 g/mol. The van der Waals surface area contributed by atoms with E-state index in [-0.39, 0.29) is 28.2 Å². The van der Waals surface area contributed by atoms with Gasteiger partial charge in [-0.25, -0.2) is 0 Å². The Morgan fingerprint density at radius 2 is 1.50 bits per heavy atom. The Bertz CT molecular complexity index is 1140. The molecule has 8 nitrogen and oxygen atoms in total. The number of unbranched alkanes of at least 4 members (excludes halogenated alkanes) is 3. The second-order valence-electron chi connectivity index (χ2n) is 8.98. The fourth-order valence-corrected chi connectivity index (χ4v) is 4.19. The average molecular weight is 498 g/mol. The zero-order chi connectivity index (χ0) is 25.8. The molecular weight excluding hydrogens is 458 g/mol. The Morgan fingerprint density at radius 1 is 0.861 bits per heavy atom. The Morgan fingerprint density at radius 3 is 2.14 bits per heavy atom. The maximum Gasteiger partial charge on any atom is 0.204 e. The normalized spacial score (nSPS) is 11.3. The SMILES string of the molecule is COc1c(O)cc(O)c2c(=O)cc(-c3ccc(CCCCCNCCCCNCCCN)cc3)oc12. The van der Waals surface area contributed by atoms with Crippen LogP contribution in [0.4, 0.5) is 0 Å². The number of nitrogens with two attached hydrogens (primary N) is 1. The number of methoxy groups -OCH3 is 1. The molecule has 3 rings (SSSR count). The third-order valence-electron chi connectivity index (χ3n) is 6.19. The van der Waals surface area contributed by atoms with E-state index in [0.717, 1.165) is 70.0 Å². The van der Waals surface area contributed by atoms with Gasteiger partial charge in [-0.3, -0.25) is 4.79 Å². The number of hydrogen-bond acceptors (Lipinski definition) is 8. The number of aromatic hydroxyl groups is 2. The Kier molecular flexibility index (Phi) is 11.1. The second kappa shape index (κ2) is 14.5. The molecule has 0 bridgehead atoms. The van der Waals surface area contributed by atoms with Gasteiger partial charge in [0.15, 0.2) is 16.8 Å². The third kappa shape index (κ3) is 7.71. The lowest BCUT2D eigenvalue weighted by Gasteiger charge is -2.10. The van der Waals surface area contributed by atoms with E-state index in [2.05, 4.69) is 10.6 Å². The molecule has 0 aliphatic carbocycles. The van der Waals surface area contributed by atoms with Crippen LogP contribution in [-0.4, -0.2) is 50.0 Å². The van der Waals surface area contributed by atoms with Gasteiger partial charge in [0.05, 0.1) is 7.11 Å². The Balaban J connectivity index is 1.43. The minimum atomic E-state index is -0.404. The van der Waals surface area contributed by atoms with Crippen molar-refractivity contribution in [2.75, 3.05) is 39.8 Å². The Labute approximate surface area is 212 Å². The first-order valence-electron chi connectivity index (χ1n) is 12.8. The molecule has 0 saturated heterocycles. The highest BCUT2D eigenvalue weighted by Crippen LogP contribution is 2.40. The lowest BCUT2D eigenvalue weighted by Crippen LogP contribution is -2.21. The van der Waals surface area contributed by atoms with Crippen LogP contribution in [0.15, 0.2) is 45.6 Å². The molecule has 0 atom stereocenters. The van der Waals surface area contributed by atoms with E-state index in [1.807, 2.05) is 24.3 Å². The van der Waals surface area contributed by atoms with Gasteiger partial charge in [0.25, 0.3) is 0 Å². The summed E-state index contributed by atoms with van der Waals surface area (Å²) < 4.78 is 11.1. The van der Waals surface area contributed by atoms with Crippen molar-refractivity contribution in [3.05, 3.63) is 52.2 Å². The molecule has 0 radical (unpaired) electrons. The maximum absolute atomic E-state index is 12.6. The van der Waals surface area contributed by atoms with Crippen LogP contribution in [0.2, 0.25) is 0 Å². The van der Waals surface area contributed by atoms with E-state index in [0.29, 0.717) is 5.76 Å². The first-order chi connectivity index (χ1) is 17.5. The highest BCUT2D eigenvalue weighted by atomic mass is 16.5. The molecule has 0 amide bonds. The molecular formula is C28H39N3O5. The quantitative estimate of drug-likeness (QED) is 0.188. The van der Waals surface area contributed by atoms with Gasteiger partial charge in [0.2, 0.25) is 5.75 Å². The van der Waals surface area contributed by atoms with Crippen LogP contribution in [0.3, 0.4) is 0 Å². The summed E-state index contributed by atoms with van der Waals surface area (Å²) in [6.07, 6.45) is 7.86. The summed E-state index contributed by atoms with van der Waals surface area (Å²) in [6.45, 7) is 4.94. The van der Waals surface area contributed by atoms with Crippen LogP contribution in [0.1, 0.15) is 44.1 Å². The molecule has 0 spiro atoms. The summed E-state index contributed by atoms with van der Waals surface area (Å²) >= 11 is 0. The lowest BCUT2D eigenvalue weighted by molar-refractivity contribution is 0.367. The number of ether oxygens (including phenoxy) is 1. The lowest BCUT2D eigenvalue weighted by atomic mass is 10.0. The largest absolute Gasteiger partial charge is 0.507 e. The standard InChI is InChI=1S/C28H39N3O5/c1-35-27-24(34)18-22(32)26-23(33)19-25(36-28(26)27)21-11-9-20(10-12-21)8-3-2-4-14-30-15-5-6-16-31-17-7-13-29/h9-12,18-19,30-32,34H,2-8,13-17,29H2,1H3. The summed E-state index contributed by atoms with van der Waals surface area (Å²) in [7, 11) is 1.37. The molecule has 0 aliphatic heterocycles. The first kappa shape index (κ1) is 27.5. The van der Waals surface area contributed by atoms with Gasteiger partial charge in [-0.2, -0.15) is 0 Å². The molecule has 0 saturated carbocycles. The van der Waals surface area contributed by atoms with Crippen LogP contribution < -0.4 is 26.5 Å². The summed E-state index contributed by atoms with van der Waals surface area (Å²) in [5, 5.41) is 27.0. The van der Waals surface area contributed by atoms with Crippen molar-refractivity contribution in [3.63, 3.8) is 0 Å². The molecule has 1 heterocycles. The van der Waals surface area contributed by atoms with Crippen molar-refractivity contribution >= 4 is 11.0 Å². The number of phenolic OH excluding ortho intramolecular Hbond substituents is 2. The molecule has 8 heteroatoms. The average Bonchev–Trinajstić information content (AvgIpc) is 2.87. The molecule has 36 heavy (non-hydrogen) atoms. The number of aryl methyl sites for hydroxylation is 1. The van der Waals surface area contributed by atoms with E-state index >= 15 is 0 Å². The summed E-state index contributed by atoms with van der Waals surface area (Å²) in [5.41, 5.74) is 7.06. The van der Waals surface area contributed by atoms with Crippen LogP contribution in [0.25, 0.3) is 22.3 Å². The van der Waals surface area contributed by atoms with E-state index in [1.165, 1.54) is 38.0 Å². The zero-order valence-electron chi connectivity index (χ0n) is 21.1. The predicted molar refractivity (Wildman–Crippen MR) is 144 cm³/mol. The summed E-state index contributed by atoms with van der Waals surface area (Å²) in [5.74, 6) is -0.275. The minimum absolute atomic E-state index is 0.0168. The maximum atomic E-state index is 12.6. The summed E-state index contributed by atoms with van der Waals surface area (Å²) in [4.78, 5) is 12.6. The fourth-order valence-electron chi connectivity index (χ4n) is 4.19. The van der Waals surface area contributed by atoms with Crippen molar-refractivity contribution in [2.24, 2.45) is 5.73 Å². The van der Waals surface area contributed by atoms with Crippen molar-refractivity contribution in [1.29, 1.82) is 0 Å². The number of benzene rings is 2. The van der Waals surface area contributed by atoms with Gasteiger partial charge in [-0.1, -0.05) is 30.7 Å². The topological polar surface area (TPSA) is 130 Å². The van der Waals surface area contributed by atoms with Gasteiger partial charge in [-0.15, -0.1) is 0 Å². The number of fused-ring (bicyclic) bond motifs is 1. The summed E-state index contributed by atoms with van der Waals surface area (Å²) in [6, 6.07) is 10.3. The first-order valence-corrected chi connectivity index (χ1v) is 12.8. The van der Waals surface area contributed by atoms with E-state index in [4.69, 9.17) is 14.9 Å². The second-order valence-corrected chi connectivity index (χ2v) is 8.98. The van der Waals surface area contributed by atoms with E-state index < -0.39 is 5.43 Å². The molecule has 0 unspecified atom stereocenters. The van der Waals surface area contributed by atoms with Crippen molar-refractivity contribution < 1.29 is 19.4 Å². The smallest absolute Gasteiger partial charge is 0.204 e. The molecule has 1 aromatic heterocycles. The minimum Gasteiger partial charge on any atom is -0.507 e. The zero-order valence-corrected chi connectivity index (χ0v) is 21.1. The number of nitrogens with one attached hydrogen (secondary N) is 2. The van der Waals surface area contributed by atoms with Crippen LogP contribution in [0.5, 0.6) is 17.2 Å². The molecule has 2 aromatic carbocycles.